The second-order valence-corrected chi connectivity index (χ2v) is 6.10. The van der Waals surface area contributed by atoms with E-state index in [0.717, 1.165) is 19.4 Å². The van der Waals surface area contributed by atoms with Gasteiger partial charge in [0.2, 0.25) is 0 Å². The standard InChI is InChI=1S/C14H23NOS/c1-4-11-5-6-12(17-11)9-14(15-3)13-7-8-16-10(13)2/h5-6,10,13-15H,4,7-9H2,1-3H3. The molecule has 17 heavy (non-hydrogen) atoms. The lowest BCUT2D eigenvalue weighted by atomic mass is 9.91. The molecule has 2 rings (SSSR count). The van der Waals surface area contributed by atoms with Crippen LogP contribution in [0.5, 0.6) is 0 Å². The van der Waals surface area contributed by atoms with Crippen molar-refractivity contribution in [3.63, 3.8) is 0 Å². The molecule has 0 aliphatic carbocycles. The average molecular weight is 253 g/mol. The molecule has 3 unspecified atom stereocenters. The summed E-state index contributed by atoms with van der Waals surface area (Å²) in [7, 11) is 2.07. The summed E-state index contributed by atoms with van der Waals surface area (Å²) >= 11 is 1.96. The van der Waals surface area contributed by atoms with Crippen molar-refractivity contribution >= 4 is 11.3 Å². The molecular weight excluding hydrogens is 230 g/mol. The molecule has 1 fully saturated rings. The topological polar surface area (TPSA) is 21.3 Å². The van der Waals surface area contributed by atoms with Crippen LogP contribution in [0.4, 0.5) is 0 Å². The number of hydrogen-bond donors (Lipinski definition) is 1. The van der Waals surface area contributed by atoms with Gasteiger partial charge in [-0.3, -0.25) is 0 Å². The van der Waals surface area contributed by atoms with Gasteiger partial charge in [-0.25, -0.2) is 0 Å². The van der Waals surface area contributed by atoms with Crippen LogP contribution in [0.3, 0.4) is 0 Å². The summed E-state index contributed by atoms with van der Waals surface area (Å²) in [6.07, 6.45) is 3.88. The number of hydrogen-bond acceptors (Lipinski definition) is 3. The highest BCUT2D eigenvalue weighted by atomic mass is 32.1. The van der Waals surface area contributed by atoms with Crippen molar-refractivity contribution in [3.05, 3.63) is 21.9 Å². The normalized spacial score (nSPS) is 26.3. The predicted octanol–water partition coefficient (Wildman–Crippen LogP) is 2.87. The number of thiophene rings is 1. The number of aryl methyl sites for hydroxylation is 1. The Kier molecular flexibility index (Phi) is 4.60. The molecule has 1 aromatic rings. The zero-order chi connectivity index (χ0) is 12.3. The predicted molar refractivity (Wildman–Crippen MR) is 73.8 cm³/mol. The van der Waals surface area contributed by atoms with Crippen LogP contribution < -0.4 is 5.32 Å². The van der Waals surface area contributed by atoms with E-state index in [9.17, 15) is 0 Å². The van der Waals surface area contributed by atoms with Crippen LogP contribution in [0.25, 0.3) is 0 Å². The van der Waals surface area contributed by atoms with Crippen LogP contribution in [-0.4, -0.2) is 25.8 Å². The van der Waals surface area contributed by atoms with Crippen molar-refractivity contribution < 1.29 is 4.74 Å². The monoisotopic (exact) mass is 253 g/mol. The molecule has 1 aromatic heterocycles. The third kappa shape index (κ3) is 3.09. The largest absolute Gasteiger partial charge is 0.378 e. The summed E-state index contributed by atoms with van der Waals surface area (Å²) in [5, 5.41) is 3.48. The molecule has 3 atom stereocenters. The van der Waals surface area contributed by atoms with Crippen molar-refractivity contribution in [2.24, 2.45) is 5.92 Å². The second kappa shape index (κ2) is 5.98. The smallest absolute Gasteiger partial charge is 0.0590 e. The van der Waals surface area contributed by atoms with E-state index < -0.39 is 0 Å². The first-order valence-corrected chi connectivity index (χ1v) is 7.42. The van der Waals surface area contributed by atoms with Gasteiger partial charge in [0.15, 0.2) is 0 Å². The Morgan fingerprint density at radius 3 is 2.76 bits per heavy atom. The maximum absolute atomic E-state index is 5.68. The summed E-state index contributed by atoms with van der Waals surface area (Å²) in [4.78, 5) is 2.99. The fourth-order valence-electron chi connectivity index (χ4n) is 2.68. The third-order valence-electron chi connectivity index (χ3n) is 3.81. The first-order chi connectivity index (χ1) is 8.24. The van der Waals surface area contributed by atoms with Crippen molar-refractivity contribution in [1.29, 1.82) is 0 Å². The van der Waals surface area contributed by atoms with Crippen molar-refractivity contribution in [2.75, 3.05) is 13.7 Å². The minimum Gasteiger partial charge on any atom is -0.378 e. The summed E-state index contributed by atoms with van der Waals surface area (Å²) < 4.78 is 5.68. The lowest BCUT2D eigenvalue weighted by Crippen LogP contribution is -2.38. The third-order valence-corrected chi connectivity index (χ3v) is 5.06. The maximum Gasteiger partial charge on any atom is 0.0590 e. The molecule has 0 radical (unpaired) electrons. The van der Waals surface area contributed by atoms with E-state index in [2.05, 4.69) is 38.3 Å². The lowest BCUT2D eigenvalue weighted by molar-refractivity contribution is 0.0964. The van der Waals surface area contributed by atoms with Crippen LogP contribution in [0.1, 0.15) is 30.0 Å². The van der Waals surface area contributed by atoms with E-state index in [-0.39, 0.29) is 0 Å². The van der Waals surface area contributed by atoms with Gasteiger partial charge in [-0.2, -0.15) is 0 Å². The average Bonchev–Trinajstić information content (AvgIpc) is 2.95. The van der Waals surface area contributed by atoms with Gasteiger partial charge in [0.05, 0.1) is 6.10 Å². The molecule has 1 aliphatic heterocycles. The molecule has 2 heterocycles. The first-order valence-electron chi connectivity index (χ1n) is 6.61. The zero-order valence-electron chi connectivity index (χ0n) is 11.0. The van der Waals surface area contributed by atoms with Gasteiger partial charge in [-0.05, 0) is 45.4 Å². The number of likely N-dealkylation sites (N-methyl/N-ethyl adjacent to an activating group) is 1. The van der Waals surface area contributed by atoms with E-state index in [1.54, 1.807) is 0 Å². The van der Waals surface area contributed by atoms with Gasteiger partial charge >= 0.3 is 0 Å². The molecule has 96 valence electrons. The Hall–Kier alpha value is -0.380. The van der Waals surface area contributed by atoms with Crippen LogP contribution in [-0.2, 0) is 17.6 Å². The summed E-state index contributed by atoms with van der Waals surface area (Å²) in [6, 6.07) is 5.10. The molecule has 0 spiro atoms. The molecule has 2 nitrogen and oxygen atoms in total. The Bertz CT molecular complexity index is 350. The second-order valence-electron chi connectivity index (χ2n) is 4.85. The quantitative estimate of drug-likeness (QED) is 0.871. The van der Waals surface area contributed by atoms with E-state index >= 15 is 0 Å². The number of ether oxygens (including phenoxy) is 1. The molecule has 0 aromatic carbocycles. The molecule has 1 saturated heterocycles. The van der Waals surface area contributed by atoms with Crippen molar-refractivity contribution in [1.82, 2.24) is 5.32 Å². The first kappa shape index (κ1) is 13.1. The van der Waals surface area contributed by atoms with E-state index in [1.807, 2.05) is 11.3 Å². The van der Waals surface area contributed by atoms with Gasteiger partial charge in [0.25, 0.3) is 0 Å². The van der Waals surface area contributed by atoms with Crippen molar-refractivity contribution in [2.45, 2.75) is 45.3 Å². The van der Waals surface area contributed by atoms with Crippen LogP contribution >= 0.6 is 11.3 Å². The summed E-state index contributed by atoms with van der Waals surface area (Å²) in [5.41, 5.74) is 0. The Labute approximate surface area is 108 Å². The molecule has 3 heteroatoms. The van der Waals surface area contributed by atoms with E-state index in [4.69, 9.17) is 4.74 Å². The molecule has 0 amide bonds. The summed E-state index contributed by atoms with van der Waals surface area (Å²) in [6.45, 7) is 5.35. The fourth-order valence-corrected chi connectivity index (χ4v) is 3.70. The Balaban J connectivity index is 1.99. The van der Waals surface area contributed by atoms with Gasteiger partial charge in [-0.1, -0.05) is 6.92 Å². The Morgan fingerprint density at radius 2 is 2.24 bits per heavy atom. The van der Waals surface area contributed by atoms with E-state index in [0.29, 0.717) is 18.1 Å². The van der Waals surface area contributed by atoms with Gasteiger partial charge in [-0.15, -0.1) is 11.3 Å². The Morgan fingerprint density at radius 1 is 1.47 bits per heavy atom. The molecule has 0 saturated carbocycles. The van der Waals surface area contributed by atoms with Crippen molar-refractivity contribution in [3.8, 4) is 0 Å². The van der Waals surface area contributed by atoms with Gasteiger partial charge in [0.1, 0.15) is 0 Å². The fraction of sp³-hybridized carbons (Fsp3) is 0.714. The van der Waals surface area contributed by atoms with Crippen LogP contribution in [0.15, 0.2) is 12.1 Å². The number of nitrogens with one attached hydrogen (secondary N) is 1. The van der Waals surface area contributed by atoms with Crippen LogP contribution in [0, 0.1) is 5.92 Å². The van der Waals surface area contributed by atoms with Crippen LogP contribution in [0.2, 0.25) is 0 Å². The molecular formula is C14H23NOS. The van der Waals surface area contributed by atoms with Gasteiger partial charge < -0.3 is 10.1 Å². The minimum atomic E-state index is 0.401. The highest BCUT2D eigenvalue weighted by Crippen LogP contribution is 2.27. The SMILES string of the molecule is CCc1ccc(CC(NC)C2CCOC2C)s1. The van der Waals surface area contributed by atoms with Gasteiger partial charge in [0, 0.05) is 28.3 Å². The minimum absolute atomic E-state index is 0.401. The summed E-state index contributed by atoms with van der Waals surface area (Å²) in [5.74, 6) is 0.659. The number of rotatable bonds is 5. The van der Waals surface area contributed by atoms with E-state index in [1.165, 1.54) is 16.2 Å². The lowest BCUT2D eigenvalue weighted by Gasteiger charge is -2.25. The zero-order valence-corrected chi connectivity index (χ0v) is 11.8. The maximum atomic E-state index is 5.68. The molecule has 1 aliphatic rings. The highest BCUT2D eigenvalue weighted by Gasteiger charge is 2.31. The highest BCUT2D eigenvalue weighted by molar-refractivity contribution is 7.11. The molecule has 0 bridgehead atoms. The molecule has 1 N–H and O–H groups in total.